The van der Waals surface area contributed by atoms with E-state index >= 15 is 0 Å². The summed E-state index contributed by atoms with van der Waals surface area (Å²) in [5, 5.41) is 3.26. The van der Waals surface area contributed by atoms with Crippen molar-refractivity contribution in [2.45, 2.75) is 11.1 Å². The van der Waals surface area contributed by atoms with Gasteiger partial charge in [0.15, 0.2) is 5.03 Å². The van der Waals surface area contributed by atoms with Crippen molar-refractivity contribution < 1.29 is 13.2 Å². The van der Waals surface area contributed by atoms with Crippen LogP contribution < -0.4 is 5.32 Å². The zero-order valence-electron chi connectivity index (χ0n) is 9.59. The van der Waals surface area contributed by atoms with Crippen LogP contribution in [0.15, 0.2) is 17.6 Å². The standard InChI is InChI=1S/C9H16N4O3S/c1-13(6-8-4-10-2-3-16-8)17(14,15)9-5-11-7-12-9/h5,7-8,10H,2-4,6H2,1H3,(H,11,12). The first-order chi connectivity index (χ1) is 8.10. The molecule has 2 heterocycles. The van der Waals surface area contributed by atoms with E-state index in [9.17, 15) is 8.42 Å². The maximum atomic E-state index is 12.0. The predicted octanol–water partition coefficient (Wildman–Crippen LogP) is -0.981. The number of hydrogen-bond donors (Lipinski definition) is 2. The number of morpholine rings is 1. The number of hydrogen-bond acceptors (Lipinski definition) is 5. The van der Waals surface area contributed by atoms with Crippen molar-refractivity contribution in [3.05, 3.63) is 12.5 Å². The summed E-state index contributed by atoms with van der Waals surface area (Å²) in [6, 6.07) is 0. The first-order valence-electron chi connectivity index (χ1n) is 5.38. The fourth-order valence-corrected chi connectivity index (χ4v) is 2.77. The molecule has 96 valence electrons. The van der Waals surface area contributed by atoms with Crippen LogP contribution in [0.5, 0.6) is 0 Å². The van der Waals surface area contributed by atoms with Crippen LogP contribution in [0.25, 0.3) is 0 Å². The molecule has 0 bridgehead atoms. The number of ether oxygens (including phenoxy) is 1. The molecule has 1 aliphatic rings. The predicted molar refractivity (Wildman–Crippen MR) is 61.0 cm³/mol. The molecule has 1 saturated heterocycles. The van der Waals surface area contributed by atoms with Gasteiger partial charge in [-0.25, -0.2) is 13.4 Å². The number of nitrogens with zero attached hydrogens (tertiary/aromatic N) is 2. The normalized spacial score (nSPS) is 21.9. The second-order valence-electron chi connectivity index (χ2n) is 3.90. The summed E-state index contributed by atoms with van der Waals surface area (Å²) < 4.78 is 30.8. The third-order valence-corrected chi connectivity index (χ3v) is 4.38. The Kier molecular flexibility index (Phi) is 3.77. The Bertz CT molecular complexity index is 439. The summed E-state index contributed by atoms with van der Waals surface area (Å²) in [5.74, 6) is 0. The molecule has 7 nitrogen and oxygen atoms in total. The van der Waals surface area contributed by atoms with Crippen molar-refractivity contribution in [2.24, 2.45) is 0 Å². The van der Waals surface area contributed by atoms with E-state index in [-0.39, 0.29) is 11.1 Å². The Hall–Kier alpha value is -0.960. The second kappa shape index (κ2) is 5.13. The van der Waals surface area contributed by atoms with E-state index in [2.05, 4.69) is 15.3 Å². The fourth-order valence-electron chi connectivity index (χ4n) is 1.67. The van der Waals surface area contributed by atoms with Gasteiger partial charge in [-0.15, -0.1) is 0 Å². The summed E-state index contributed by atoms with van der Waals surface area (Å²) >= 11 is 0. The van der Waals surface area contributed by atoms with Crippen molar-refractivity contribution in [3.8, 4) is 0 Å². The molecule has 1 atom stereocenters. The van der Waals surface area contributed by atoms with E-state index in [1.54, 1.807) is 0 Å². The molecule has 0 aliphatic carbocycles. The molecule has 17 heavy (non-hydrogen) atoms. The Balaban J connectivity index is 2.01. The third kappa shape index (κ3) is 2.83. The van der Waals surface area contributed by atoms with E-state index in [1.807, 2.05) is 0 Å². The van der Waals surface area contributed by atoms with Gasteiger partial charge in [0.1, 0.15) is 0 Å². The van der Waals surface area contributed by atoms with Crippen LogP contribution >= 0.6 is 0 Å². The largest absolute Gasteiger partial charge is 0.374 e. The van der Waals surface area contributed by atoms with Gasteiger partial charge in [0, 0.05) is 26.7 Å². The second-order valence-corrected chi connectivity index (χ2v) is 5.91. The minimum atomic E-state index is -3.49. The molecular weight excluding hydrogens is 244 g/mol. The topological polar surface area (TPSA) is 87.3 Å². The number of aromatic amines is 1. The number of rotatable bonds is 4. The van der Waals surface area contributed by atoms with Crippen LogP contribution in [-0.4, -0.2) is 62.1 Å². The monoisotopic (exact) mass is 260 g/mol. The zero-order valence-corrected chi connectivity index (χ0v) is 10.4. The molecule has 1 aromatic heterocycles. The van der Waals surface area contributed by atoms with Gasteiger partial charge in [-0.05, 0) is 0 Å². The molecule has 8 heteroatoms. The Morgan fingerprint density at radius 2 is 2.47 bits per heavy atom. The molecule has 0 aromatic carbocycles. The molecular formula is C9H16N4O3S. The number of H-pyrrole nitrogens is 1. The fraction of sp³-hybridized carbons (Fsp3) is 0.667. The maximum absolute atomic E-state index is 12.0. The molecule has 0 radical (unpaired) electrons. The third-order valence-electron chi connectivity index (χ3n) is 2.63. The first-order valence-corrected chi connectivity index (χ1v) is 6.82. The van der Waals surface area contributed by atoms with Crippen LogP contribution in [0.1, 0.15) is 0 Å². The van der Waals surface area contributed by atoms with E-state index in [0.717, 1.165) is 6.54 Å². The lowest BCUT2D eigenvalue weighted by atomic mass is 10.3. The number of sulfonamides is 1. The summed E-state index contributed by atoms with van der Waals surface area (Å²) in [7, 11) is -1.95. The zero-order chi connectivity index (χ0) is 12.3. The van der Waals surface area contributed by atoms with Crippen LogP contribution in [-0.2, 0) is 14.8 Å². The number of imidazole rings is 1. The lowest BCUT2D eigenvalue weighted by Crippen LogP contribution is -2.45. The quantitative estimate of drug-likeness (QED) is 0.726. The van der Waals surface area contributed by atoms with Crippen molar-refractivity contribution >= 4 is 10.0 Å². The summed E-state index contributed by atoms with van der Waals surface area (Å²) in [6.07, 6.45) is 2.54. The van der Waals surface area contributed by atoms with Gasteiger partial charge in [-0.2, -0.15) is 4.31 Å². The number of aromatic nitrogens is 2. The average Bonchev–Trinajstić information content (AvgIpc) is 2.84. The SMILES string of the molecule is CN(CC1CNCCO1)S(=O)(=O)c1cnc[nH]1. The average molecular weight is 260 g/mol. The minimum Gasteiger partial charge on any atom is -0.374 e. The van der Waals surface area contributed by atoms with Gasteiger partial charge < -0.3 is 15.0 Å². The number of nitrogens with one attached hydrogen (secondary N) is 2. The van der Waals surface area contributed by atoms with Crippen molar-refractivity contribution in [2.75, 3.05) is 33.3 Å². The van der Waals surface area contributed by atoms with Gasteiger partial charge in [0.25, 0.3) is 10.0 Å². The molecule has 0 saturated carbocycles. The van der Waals surface area contributed by atoms with Crippen LogP contribution in [0, 0.1) is 0 Å². The van der Waals surface area contributed by atoms with Crippen molar-refractivity contribution in [3.63, 3.8) is 0 Å². The van der Waals surface area contributed by atoms with Crippen LogP contribution in [0.3, 0.4) is 0 Å². The van der Waals surface area contributed by atoms with Crippen molar-refractivity contribution in [1.82, 2.24) is 19.6 Å². The van der Waals surface area contributed by atoms with Crippen LogP contribution in [0.2, 0.25) is 0 Å². The minimum absolute atomic E-state index is 0.101. The lowest BCUT2D eigenvalue weighted by molar-refractivity contribution is 0.0206. The Morgan fingerprint density at radius 3 is 3.06 bits per heavy atom. The molecule has 1 fully saturated rings. The number of likely N-dealkylation sites (N-methyl/N-ethyl adjacent to an activating group) is 1. The van der Waals surface area contributed by atoms with E-state index < -0.39 is 10.0 Å². The highest BCUT2D eigenvalue weighted by molar-refractivity contribution is 7.89. The van der Waals surface area contributed by atoms with Crippen molar-refractivity contribution in [1.29, 1.82) is 0 Å². The highest BCUT2D eigenvalue weighted by Crippen LogP contribution is 2.11. The Labute approximate surface area is 100 Å². The van der Waals surface area contributed by atoms with E-state index in [4.69, 9.17) is 4.74 Å². The van der Waals surface area contributed by atoms with E-state index in [1.165, 1.54) is 23.9 Å². The van der Waals surface area contributed by atoms with Crippen LogP contribution in [0.4, 0.5) is 0 Å². The molecule has 1 aliphatic heterocycles. The lowest BCUT2D eigenvalue weighted by Gasteiger charge is -2.27. The molecule has 2 N–H and O–H groups in total. The van der Waals surface area contributed by atoms with Gasteiger partial charge >= 0.3 is 0 Å². The van der Waals surface area contributed by atoms with Gasteiger partial charge in [0.2, 0.25) is 0 Å². The smallest absolute Gasteiger partial charge is 0.259 e. The van der Waals surface area contributed by atoms with E-state index in [0.29, 0.717) is 19.7 Å². The van der Waals surface area contributed by atoms with Gasteiger partial charge in [-0.1, -0.05) is 0 Å². The molecule has 1 aromatic rings. The van der Waals surface area contributed by atoms with Gasteiger partial charge in [0.05, 0.1) is 25.2 Å². The summed E-state index contributed by atoms with van der Waals surface area (Å²) in [5.41, 5.74) is 0. The summed E-state index contributed by atoms with van der Waals surface area (Å²) in [6.45, 7) is 2.42. The Morgan fingerprint density at radius 1 is 1.65 bits per heavy atom. The highest BCUT2D eigenvalue weighted by atomic mass is 32.2. The molecule has 0 spiro atoms. The first kappa shape index (κ1) is 12.5. The molecule has 1 unspecified atom stereocenters. The van der Waals surface area contributed by atoms with Gasteiger partial charge in [-0.3, -0.25) is 0 Å². The summed E-state index contributed by atoms with van der Waals surface area (Å²) in [4.78, 5) is 6.31. The highest BCUT2D eigenvalue weighted by Gasteiger charge is 2.26. The molecule has 2 rings (SSSR count). The molecule has 0 amide bonds. The maximum Gasteiger partial charge on any atom is 0.259 e.